The molecule has 22 heavy (non-hydrogen) atoms. The van der Waals surface area contributed by atoms with Gasteiger partial charge in [-0.15, -0.1) is 4.83 Å². The SMILES string of the molecule is O=C(NNS(=O)(=O)c1cnc(Cl)c(Br)c1)c1ccc(Br)cc1. The molecule has 1 amide bonds. The maximum Gasteiger partial charge on any atom is 0.266 e. The molecule has 10 heteroatoms. The summed E-state index contributed by atoms with van der Waals surface area (Å²) in [6.07, 6.45) is 1.08. The van der Waals surface area contributed by atoms with E-state index in [9.17, 15) is 13.2 Å². The smallest absolute Gasteiger partial charge is 0.266 e. The lowest BCUT2D eigenvalue weighted by molar-refractivity contribution is 0.0945. The van der Waals surface area contributed by atoms with E-state index in [4.69, 9.17) is 11.6 Å². The molecule has 1 aromatic heterocycles. The average molecular weight is 470 g/mol. The first kappa shape index (κ1) is 17.4. The summed E-state index contributed by atoms with van der Waals surface area (Å²) in [6.45, 7) is 0. The lowest BCUT2D eigenvalue weighted by Crippen LogP contribution is -2.41. The first-order valence-corrected chi connectivity index (χ1v) is 9.13. The van der Waals surface area contributed by atoms with Crippen molar-refractivity contribution in [2.45, 2.75) is 4.90 Å². The van der Waals surface area contributed by atoms with E-state index in [1.165, 1.54) is 6.07 Å². The number of carbonyl (C=O) groups excluding carboxylic acids is 1. The zero-order valence-corrected chi connectivity index (χ0v) is 15.4. The molecule has 2 rings (SSSR count). The molecule has 0 aliphatic carbocycles. The predicted octanol–water partition coefficient (Wildman–Crippen LogP) is 2.88. The van der Waals surface area contributed by atoms with Crippen molar-refractivity contribution < 1.29 is 13.2 Å². The summed E-state index contributed by atoms with van der Waals surface area (Å²) < 4.78 is 25.2. The largest absolute Gasteiger partial charge is 0.273 e. The van der Waals surface area contributed by atoms with Gasteiger partial charge in [-0.2, -0.15) is 0 Å². The van der Waals surface area contributed by atoms with Gasteiger partial charge >= 0.3 is 0 Å². The zero-order valence-electron chi connectivity index (χ0n) is 10.7. The molecule has 2 N–H and O–H groups in total. The van der Waals surface area contributed by atoms with Crippen LogP contribution in [0.3, 0.4) is 0 Å². The van der Waals surface area contributed by atoms with Gasteiger partial charge in [0.2, 0.25) is 0 Å². The Morgan fingerprint density at radius 3 is 2.41 bits per heavy atom. The molecule has 0 saturated carbocycles. The standard InChI is InChI=1S/C12H8Br2ClN3O3S/c13-8-3-1-7(2-4-8)12(19)17-18-22(20,21)9-5-10(14)11(15)16-6-9/h1-6,18H,(H,17,19). The van der Waals surface area contributed by atoms with Crippen LogP contribution in [0.5, 0.6) is 0 Å². The molecule has 1 heterocycles. The zero-order chi connectivity index (χ0) is 16.3. The Hall–Kier alpha value is -1.000. The summed E-state index contributed by atoms with van der Waals surface area (Å²) in [5.74, 6) is -0.586. The fourth-order valence-corrected chi connectivity index (χ4v) is 3.07. The topological polar surface area (TPSA) is 88.2 Å². The summed E-state index contributed by atoms with van der Waals surface area (Å²) in [4.78, 5) is 17.4. The fraction of sp³-hybridized carbons (Fsp3) is 0. The third kappa shape index (κ3) is 4.26. The van der Waals surface area contributed by atoms with E-state index in [2.05, 4.69) is 42.3 Å². The van der Waals surface area contributed by atoms with Crippen molar-refractivity contribution in [2.75, 3.05) is 0 Å². The Bertz CT molecular complexity index is 813. The molecule has 0 radical (unpaired) electrons. The van der Waals surface area contributed by atoms with Crippen molar-refractivity contribution in [1.29, 1.82) is 0 Å². The van der Waals surface area contributed by atoms with Gasteiger partial charge in [-0.3, -0.25) is 10.2 Å². The predicted molar refractivity (Wildman–Crippen MR) is 88.9 cm³/mol. The van der Waals surface area contributed by atoms with E-state index in [0.29, 0.717) is 10.0 Å². The van der Waals surface area contributed by atoms with Gasteiger partial charge in [-0.05, 0) is 46.3 Å². The number of benzene rings is 1. The highest BCUT2D eigenvalue weighted by Crippen LogP contribution is 2.22. The maximum absolute atomic E-state index is 12.0. The molecule has 0 bridgehead atoms. The Kier molecular flexibility index (Phi) is 5.56. The molecule has 0 aliphatic rings. The quantitative estimate of drug-likeness (QED) is 0.533. The summed E-state index contributed by atoms with van der Waals surface area (Å²) in [6, 6.07) is 7.72. The molecule has 0 aliphatic heterocycles. The van der Waals surface area contributed by atoms with Gasteiger partial charge in [0.05, 0.1) is 4.47 Å². The normalized spacial score (nSPS) is 11.2. The van der Waals surface area contributed by atoms with E-state index in [0.717, 1.165) is 10.7 Å². The number of hydrogen-bond donors (Lipinski definition) is 2. The van der Waals surface area contributed by atoms with Crippen LogP contribution in [0.15, 0.2) is 50.4 Å². The van der Waals surface area contributed by atoms with Crippen LogP contribution < -0.4 is 10.3 Å². The van der Waals surface area contributed by atoms with E-state index in [1.807, 2.05) is 4.83 Å². The van der Waals surface area contributed by atoms with Gasteiger partial charge in [0.25, 0.3) is 15.9 Å². The van der Waals surface area contributed by atoms with Gasteiger partial charge in [0.15, 0.2) is 0 Å². The number of aromatic nitrogens is 1. The van der Waals surface area contributed by atoms with Gasteiger partial charge in [0.1, 0.15) is 10.0 Å². The monoisotopic (exact) mass is 467 g/mol. The van der Waals surface area contributed by atoms with Crippen LogP contribution in [-0.4, -0.2) is 19.3 Å². The van der Waals surface area contributed by atoms with E-state index in [1.54, 1.807) is 24.3 Å². The highest BCUT2D eigenvalue weighted by atomic mass is 79.9. The van der Waals surface area contributed by atoms with Crippen molar-refractivity contribution >= 4 is 59.4 Å². The minimum absolute atomic E-state index is 0.137. The Balaban J connectivity index is 2.10. The van der Waals surface area contributed by atoms with Crippen LogP contribution in [-0.2, 0) is 10.0 Å². The summed E-state index contributed by atoms with van der Waals surface area (Å²) in [5.41, 5.74) is 2.43. The minimum Gasteiger partial charge on any atom is -0.273 e. The molecule has 0 atom stereocenters. The second-order valence-corrected chi connectivity index (χ2v) is 7.82. The molecular formula is C12H8Br2ClN3O3S. The minimum atomic E-state index is -3.95. The summed E-state index contributed by atoms with van der Waals surface area (Å²) >= 11 is 12.0. The van der Waals surface area contributed by atoms with Crippen molar-refractivity contribution in [3.8, 4) is 0 Å². The molecule has 0 saturated heterocycles. The molecule has 6 nitrogen and oxygen atoms in total. The number of nitrogens with one attached hydrogen (secondary N) is 2. The molecule has 0 fully saturated rings. The van der Waals surface area contributed by atoms with Gasteiger partial charge in [-0.25, -0.2) is 13.4 Å². The number of pyridine rings is 1. The van der Waals surface area contributed by atoms with Gasteiger partial charge in [0, 0.05) is 16.2 Å². The lowest BCUT2D eigenvalue weighted by atomic mass is 10.2. The Morgan fingerprint density at radius 1 is 1.18 bits per heavy atom. The van der Waals surface area contributed by atoms with Crippen LogP contribution in [0.25, 0.3) is 0 Å². The van der Waals surface area contributed by atoms with Crippen LogP contribution in [0, 0.1) is 0 Å². The highest BCUT2D eigenvalue weighted by molar-refractivity contribution is 9.10. The third-order valence-corrected chi connectivity index (χ3v) is 5.36. The van der Waals surface area contributed by atoms with Crippen molar-refractivity contribution in [3.63, 3.8) is 0 Å². The van der Waals surface area contributed by atoms with E-state index < -0.39 is 15.9 Å². The van der Waals surface area contributed by atoms with E-state index in [-0.39, 0.29) is 10.0 Å². The fourth-order valence-electron chi connectivity index (χ4n) is 1.40. The number of halogens is 3. The van der Waals surface area contributed by atoms with Crippen LogP contribution >= 0.6 is 43.5 Å². The molecule has 2 aromatic rings. The average Bonchev–Trinajstić information content (AvgIpc) is 2.48. The number of carbonyl (C=O) groups is 1. The van der Waals surface area contributed by atoms with Gasteiger partial charge in [-0.1, -0.05) is 27.5 Å². The summed E-state index contributed by atoms with van der Waals surface area (Å²) in [5, 5.41) is 0.137. The number of sulfonamides is 1. The first-order valence-electron chi connectivity index (χ1n) is 5.68. The van der Waals surface area contributed by atoms with Crippen molar-refractivity contribution in [3.05, 3.63) is 56.2 Å². The Labute approximate surface area is 148 Å². The molecule has 0 unspecified atom stereocenters. The second kappa shape index (κ2) is 7.05. The molecule has 116 valence electrons. The van der Waals surface area contributed by atoms with Crippen LogP contribution in [0.4, 0.5) is 0 Å². The number of nitrogens with zero attached hydrogens (tertiary/aromatic N) is 1. The molecular weight excluding hydrogens is 461 g/mol. The number of amides is 1. The number of hydrogen-bond acceptors (Lipinski definition) is 4. The number of rotatable bonds is 4. The highest BCUT2D eigenvalue weighted by Gasteiger charge is 2.17. The molecule has 1 aromatic carbocycles. The molecule has 0 spiro atoms. The Morgan fingerprint density at radius 2 is 1.82 bits per heavy atom. The van der Waals surface area contributed by atoms with Crippen LogP contribution in [0.1, 0.15) is 10.4 Å². The number of hydrazine groups is 1. The summed E-state index contributed by atoms with van der Waals surface area (Å²) in [7, 11) is -3.95. The third-order valence-electron chi connectivity index (χ3n) is 2.49. The lowest BCUT2D eigenvalue weighted by Gasteiger charge is -2.09. The van der Waals surface area contributed by atoms with Crippen molar-refractivity contribution in [2.24, 2.45) is 0 Å². The van der Waals surface area contributed by atoms with Gasteiger partial charge < -0.3 is 0 Å². The second-order valence-electron chi connectivity index (χ2n) is 4.01. The first-order chi connectivity index (χ1) is 10.3. The van der Waals surface area contributed by atoms with E-state index >= 15 is 0 Å². The maximum atomic E-state index is 12.0. The van der Waals surface area contributed by atoms with Crippen molar-refractivity contribution in [1.82, 2.24) is 15.2 Å². The van der Waals surface area contributed by atoms with Crippen LogP contribution in [0.2, 0.25) is 5.15 Å².